The molecule has 1 rings (SSSR count). The lowest BCUT2D eigenvalue weighted by Crippen LogP contribution is -2.55. The minimum absolute atomic E-state index is 0.0662. The Hall–Kier alpha value is -1.16. The number of nitrogens with one attached hydrogen (secondary N) is 1. The smallest absolute Gasteiger partial charge is 0.217 e. The third-order valence-corrected chi connectivity index (χ3v) is 6.14. The first-order chi connectivity index (χ1) is 13.6. The summed E-state index contributed by atoms with van der Waals surface area (Å²) in [7, 11) is 0. The zero-order chi connectivity index (χ0) is 20.5. The Kier molecular flexibility index (Phi) is 14.0. The van der Waals surface area contributed by atoms with E-state index in [0.29, 0.717) is 6.17 Å². The van der Waals surface area contributed by atoms with Crippen molar-refractivity contribution < 1.29 is 9.28 Å². The summed E-state index contributed by atoms with van der Waals surface area (Å²) < 4.78 is 1.02. The van der Waals surface area contributed by atoms with Gasteiger partial charge in [0.25, 0.3) is 0 Å². The Morgan fingerprint density at radius 1 is 1.04 bits per heavy atom. The van der Waals surface area contributed by atoms with Crippen molar-refractivity contribution in [2.24, 2.45) is 4.99 Å². The lowest BCUT2D eigenvalue weighted by atomic mass is 10.1. The van der Waals surface area contributed by atoms with Gasteiger partial charge < -0.3 is 5.32 Å². The molecule has 0 fully saturated rings. The molecule has 0 spiro atoms. The van der Waals surface area contributed by atoms with Crippen molar-refractivity contribution >= 4 is 12.1 Å². The molecule has 4 nitrogen and oxygen atoms in total. The normalized spacial score (nSPS) is 21.6. The molecule has 162 valence electrons. The fraction of sp³-hybridized carbons (Fsp3) is 0.833. The number of carbonyl (C=O) groups excluding carboxylic acids is 1. The van der Waals surface area contributed by atoms with E-state index < -0.39 is 0 Å². The maximum atomic E-state index is 11.1. The molecule has 0 aromatic carbocycles. The van der Waals surface area contributed by atoms with Crippen LogP contribution in [0, 0.1) is 0 Å². The Bertz CT molecular complexity index is 461. The van der Waals surface area contributed by atoms with E-state index in [4.69, 9.17) is 4.99 Å². The average Bonchev–Trinajstić information content (AvgIpc) is 3.08. The standard InChI is InChI=1S/C24H45N3O/c1-4-6-7-8-9-10-11-12-13-14-15-16-17-18-24-26-20-22-27(24,5-2)21-19-25-23(3)28/h11-12,20,24H,4-10,13-19,21-22H2,1-3H3/p+1/b12-11+. The van der Waals surface area contributed by atoms with Gasteiger partial charge >= 0.3 is 0 Å². The van der Waals surface area contributed by atoms with Gasteiger partial charge in [0.2, 0.25) is 5.91 Å². The molecular weight excluding hydrogens is 346 g/mol. The zero-order valence-corrected chi connectivity index (χ0v) is 18.9. The van der Waals surface area contributed by atoms with Crippen LogP contribution in [0.15, 0.2) is 17.1 Å². The van der Waals surface area contributed by atoms with E-state index in [-0.39, 0.29) is 5.91 Å². The van der Waals surface area contributed by atoms with Crippen LogP contribution < -0.4 is 5.32 Å². The predicted molar refractivity (Wildman–Crippen MR) is 122 cm³/mol. The van der Waals surface area contributed by atoms with Gasteiger partial charge in [0, 0.05) is 13.3 Å². The van der Waals surface area contributed by atoms with E-state index in [1.165, 1.54) is 77.0 Å². The number of allylic oxidation sites excluding steroid dienone is 2. The summed E-state index contributed by atoms with van der Waals surface area (Å²) in [4.78, 5) is 15.9. The second-order valence-corrected chi connectivity index (χ2v) is 8.40. The van der Waals surface area contributed by atoms with Crippen molar-refractivity contribution in [1.29, 1.82) is 0 Å². The first-order valence-corrected chi connectivity index (χ1v) is 11.9. The second kappa shape index (κ2) is 15.7. The topological polar surface area (TPSA) is 41.5 Å². The van der Waals surface area contributed by atoms with Crippen LogP contribution in [0.5, 0.6) is 0 Å². The summed E-state index contributed by atoms with van der Waals surface area (Å²) in [6.07, 6.45) is 23.1. The lowest BCUT2D eigenvalue weighted by molar-refractivity contribution is -0.935. The zero-order valence-electron chi connectivity index (χ0n) is 18.9. The average molecular weight is 393 g/mol. The van der Waals surface area contributed by atoms with Crippen molar-refractivity contribution in [3.63, 3.8) is 0 Å². The van der Waals surface area contributed by atoms with Crippen molar-refractivity contribution in [2.75, 3.05) is 26.2 Å². The summed E-state index contributed by atoms with van der Waals surface area (Å²) in [5, 5.41) is 2.95. The summed E-state index contributed by atoms with van der Waals surface area (Å²) in [6, 6.07) is 0. The van der Waals surface area contributed by atoms with Crippen molar-refractivity contribution in [3.05, 3.63) is 12.2 Å². The molecule has 0 aliphatic carbocycles. The van der Waals surface area contributed by atoms with Gasteiger partial charge in [-0.05, 0) is 39.0 Å². The number of quaternary nitrogens is 1. The van der Waals surface area contributed by atoms with Crippen LogP contribution in [-0.4, -0.2) is 48.9 Å². The number of likely N-dealkylation sites (N-methyl/N-ethyl adjacent to an activating group) is 1. The molecule has 0 aromatic rings. The molecule has 1 N–H and O–H groups in total. The number of amides is 1. The largest absolute Gasteiger partial charge is 0.351 e. The van der Waals surface area contributed by atoms with Crippen LogP contribution in [0.1, 0.15) is 97.8 Å². The Morgan fingerprint density at radius 3 is 2.29 bits per heavy atom. The highest BCUT2D eigenvalue weighted by Crippen LogP contribution is 2.24. The number of hydrogen-bond donors (Lipinski definition) is 1. The molecule has 4 heteroatoms. The molecule has 1 aliphatic rings. The molecular formula is C24H46N3O+. The number of nitrogens with zero attached hydrogens (tertiary/aromatic N) is 2. The number of rotatable bonds is 17. The fourth-order valence-electron chi connectivity index (χ4n) is 4.18. The highest BCUT2D eigenvalue weighted by atomic mass is 16.1. The van der Waals surface area contributed by atoms with E-state index >= 15 is 0 Å². The van der Waals surface area contributed by atoms with Gasteiger partial charge in [-0.15, -0.1) is 0 Å². The third-order valence-electron chi connectivity index (χ3n) is 6.14. The summed E-state index contributed by atoms with van der Waals surface area (Å²) in [5.41, 5.74) is 0. The Morgan fingerprint density at radius 2 is 1.68 bits per heavy atom. The predicted octanol–water partition coefficient (Wildman–Crippen LogP) is 5.63. The van der Waals surface area contributed by atoms with E-state index in [1.54, 1.807) is 6.92 Å². The summed E-state index contributed by atoms with van der Waals surface area (Å²) >= 11 is 0. The monoisotopic (exact) mass is 392 g/mol. The summed E-state index contributed by atoms with van der Waals surface area (Å²) in [6.45, 7) is 9.98. The van der Waals surface area contributed by atoms with Crippen LogP contribution in [-0.2, 0) is 4.79 Å². The Balaban J connectivity index is 2.08. The van der Waals surface area contributed by atoms with Crippen LogP contribution in [0.2, 0.25) is 0 Å². The van der Waals surface area contributed by atoms with Gasteiger partial charge in [0.15, 0.2) is 6.17 Å². The maximum absolute atomic E-state index is 11.1. The number of carbonyl (C=O) groups is 1. The third kappa shape index (κ3) is 10.4. The van der Waals surface area contributed by atoms with Gasteiger partial charge in [0.05, 0.1) is 25.8 Å². The lowest BCUT2D eigenvalue weighted by Gasteiger charge is -2.38. The molecule has 0 bridgehead atoms. The van der Waals surface area contributed by atoms with Gasteiger partial charge in [0.1, 0.15) is 6.54 Å². The van der Waals surface area contributed by atoms with E-state index in [9.17, 15) is 4.79 Å². The summed E-state index contributed by atoms with van der Waals surface area (Å²) in [5.74, 6) is 0.0662. The van der Waals surface area contributed by atoms with Gasteiger partial charge in [-0.3, -0.25) is 9.28 Å². The van der Waals surface area contributed by atoms with Crippen molar-refractivity contribution in [2.45, 2.75) is 104 Å². The molecule has 2 unspecified atom stereocenters. The molecule has 0 saturated heterocycles. The van der Waals surface area contributed by atoms with Crippen LogP contribution in [0.25, 0.3) is 0 Å². The number of unbranched alkanes of at least 4 members (excludes halogenated alkanes) is 9. The van der Waals surface area contributed by atoms with E-state index in [1.807, 2.05) is 0 Å². The minimum Gasteiger partial charge on any atom is -0.351 e. The van der Waals surface area contributed by atoms with Gasteiger partial charge in [-0.25, -0.2) is 4.99 Å². The first-order valence-electron chi connectivity index (χ1n) is 11.9. The van der Waals surface area contributed by atoms with Gasteiger partial charge in [-0.1, -0.05) is 57.6 Å². The fourth-order valence-corrected chi connectivity index (χ4v) is 4.18. The van der Waals surface area contributed by atoms with Crippen molar-refractivity contribution in [3.8, 4) is 0 Å². The number of hydrogen-bond acceptors (Lipinski definition) is 2. The minimum atomic E-state index is 0.0662. The van der Waals surface area contributed by atoms with E-state index in [2.05, 4.69) is 37.5 Å². The molecule has 1 amide bonds. The molecule has 0 aromatic heterocycles. The second-order valence-electron chi connectivity index (χ2n) is 8.40. The highest BCUT2D eigenvalue weighted by Gasteiger charge is 2.37. The quantitative estimate of drug-likeness (QED) is 0.195. The first kappa shape index (κ1) is 24.9. The number of aliphatic imine (C=N–C) groups is 1. The molecule has 0 radical (unpaired) electrons. The Labute approximate surface area is 174 Å². The molecule has 0 saturated carbocycles. The SMILES string of the molecule is CCCCCCC/C=C/CCCCCCC1N=CC[N+]1(CC)CCNC(C)=O. The molecule has 2 atom stereocenters. The van der Waals surface area contributed by atoms with Crippen LogP contribution >= 0.6 is 0 Å². The van der Waals surface area contributed by atoms with Crippen LogP contribution in [0.4, 0.5) is 0 Å². The van der Waals surface area contributed by atoms with Crippen LogP contribution in [0.3, 0.4) is 0 Å². The van der Waals surface area contributed by atoms with E-state index in [0.717, 1.165) is 30.7 Å². The highest BCUT2D eigenvalue weighted by molar-refractivity contribution is 5.72. The molecule has 1 heterocycles. The van der Waals surface area contributed by atoms with Gasteiger partial charge in [-0.2, -0.15) is 0 Å². The maximum Gasteiger partial charge on any atom is 0.217 e. The molecule has 1 aliphatic heterocycles. The van der Waals surface area contributed by atoms with Crippen molar-refractivity contribution in [1.82, 2.24) is 5.32 Å². The molecule has 28 heavy (non-hydrogen) atoms.